The van der Waals surface area contributed by atoms with E-state index >= 15 is 0 Å². The van der Waals surface area contributed by atoms with Crippen LogP contribution in [0.1, 0.15) is 25.1 Å². The zero-order valence-corrected chi connectivity index (χ0v) is 17.1. The van der Waals surface area contributed by atoms with Gasteiger partial charge in [-0.25, -0.2) is 23.1 Å². The summed E-state index contributed by atoms with van der Waals surface area (Å²) >= 11 is 0. The highest BCUT2D eigenvalue weighted by Gasteiger charge is 2.30. The lowest BCUT2D eigenvalue weighted by Gasteiger charge is -2.34. The standard InChI is InChI=1S/C18H26N6O3S/c1-3-22-5-7-23(8-6-22)18-19-11-15(13(2)20-18)16-10-17(25)24(21-16)14-4-9-28(26,27)12-14/h10-11,14,21H,3-9,12H2,1-2H3. The summed E-state index contributed by atoms with van der Waals surface area (Å²) in [5, 5.41) is 3.07. The highest BCUT2D eigenvalue weighted by Crippen LogP contribution is 2.25. The number of aromatic nitrogens is 4. The minimum atomic E-state index is -3.06. The zero-order valence-electron chi connectivity index (χ0n) is 16.3. The van der Waals surface area contributed by atoms with Gasteiger partial charge in [-0.3, -0.25) is 9.89 Å². The fourth-order valence-electron chi connectivity index (χ4n) is 3.93. The van der Waals surface area contributed by atoms with E-state index in [-0.39, 0.29) is 23.1 Å². The Morgan fingerprint density at radius 1 is 1.25 bits per heavy atom. The number of aromatic amines is 1. The summed E-state index contributed by atoms with van der Waals surface area (Å²) in [6.07, 6.45) is 2.20. The second-order valence-corrected chi connectivity index (χ2v) is 9.75. The highest BCUT2D eigenvalue weighted by atomic mass is 32.2. The zero-order chi connectivity index (χ0) is 19.9. The summed E-state index contributed by atoms with van der Waals surface area (Å²) in [5.74, 6) is 0.840. The summed E-state index contributed by atoms with van der Waals surface area (Å²) in [4.78, 5) is 26.1. The molecule has 1 unspecified atom stereocenters. The van der Waals surface area contributed by atoms with Gasteiger partial charge >= 0.3 is 0 Å². The monoisotopic (exact) mass is 406 g/mol. The van der Waals surface area contributed by atoms with Crippen LogP contribution < -0.4 is 10.5 Å². The van der Waals surface area contributed by atoms with Gasteiger partial charge in [-0.1, -0.05) is 6.92 Å². The van der Waals surface area contributed by atoms with Gasteiger partial charge in [-0.05, 0) is 19.9 Å². The van der Waals surface area contributed by atoms with Crippen LogP contribution in [0, 0.1) is 6.92 Å². The first kappa shape index (κ1) is 19.1. The molecule has 152 valence electrons. The molecule has 0 radical (unpaired) electrons. The number of sulfone groups is 1. The van der Waals surface area contributed by atoms with E-state index < -0.39 is 9.84 Å². The van der Waals surface area contributed by atoms with Gasteiger partial charge in [-0.2, -0.15) is 0 Å². The minimum Gasteiger partial charge on any atom is -0.338 e. The number of hydrogen-bond donors (Lipinski definition) is 1. The van der Waals surface area contributed by atoms with Gasteiger partial charge in [0, 0.05) is 44.0 Å². The van der Waals surface area contributed by atoms with Crippen LogP contribution in [-0.4, -0.2) is 77.3 Å². The largest absolute Gasteiger partial charge is 0.338 e. The van der Waals surface area contributed by atoms with Crippen LogP contribution in [-0.2, 0) is 9.84 Å². The molecule has 0 aromatic carbocycles. The van der Waals surface area contributed by atoms with Crippen molar-refractivity contribution < 1.29 is 8.42 Å². The third kappa shape index (κ3) is 3.70. The second-order valence-electron chi connectivity index (χ2n) is 7.53. The number of likely N-dealkylation sites (N-methyl/N-ethyl adjacent to an activating group) is 1. The van der Waals surface area contributed by atoms with E-state index in [1.54, 1.807) is 6.20 Å². The molecule has 2 aliphatic rings. The van der Waals surface area contributed by atoms with E-state index in [2.05, 4.69) is 31.8 Å². The van der Waals surface area contributed by atoms with Crippen LogP contribution in [0.5, 0.6) is 0 Å². The fourth-order valence-corrected chi connectivity index (χ4v) is 5.63. The van der Waals surface area contributed by atoms with Crippen LogP contribution in [0.25, 0.3) is 11.3 Å². The molecule has 10 heteroatoms. The molecule has 1 N–H and O–H groups in total. The molecule has 0 amide bonds. The number of rotatable bonds is 4. The van der Waals surface area contributed by atoms with E-state index in [1.165, 1.54) is 10.7 Å². The molecule has 4 heterocycles. The van der Waals surface area contributed by atoms with Crippen LogP contribution in [0.4, 0.5) is 5.95 Å². The maximum Gasteiger partial charge on any atom is 0.267 e. The first-order valence-electron chi connectivity index (χ1n) is 9.69. The predicted molar refractivity (Wildman–Crippen MR) is 107 cm³/mol. The van der Waals surface area contributed by atoms with Gasteiger partial charge in [-0.15, -0.1) is 0 Å². The molecule has 0 saturated carbocycles. The Labute approximate surface area is 164 Å². The fraction of sp³-hybridized carbons (Fsp3) is 0.611. The van der Waals surface area contributed by atoms with Crippen molar-refractivity contribution in [2.45, 2.75) is 26.3 Å². The molecule has 1 atom stereocenters. The number of hydrogen-bond acceptors (Lipinski definition) is 7. The molecular formula is C18H26N6O3S. The summed E-state index contributed by atoms with van der Waals surface area (Å²) in [6, 6.07) is 1.16. The van der Waals surface area contributed by atoms with Crippen molar-refractivity contribution in [3.05, 3.63) is 28.3 Å². The second kappa shape index (κ2) is 7.32. The molecule has 2 fully saturated rings. The van der Waals surface area contributed by atoms with E-state index in [9.17, 15) is 13.2 Å². The van der Waals surface area contributed by atoms with Crippen LogP contribution in [0.2, 0.25) is 0 Å². The number of nitrogens with zero attached hydrogens (tertiary/aromatic N) is 5. The van der Waals surface area contributed by atoms with Crippen molar-refractivity contribution in [3.63, 3.8) is 0 Å². The van der Waals surface area contributed by atoms with Crippen molar-refractivity contribution in [1.29, 1.82) is 0 Å². The van der Waals surface area contributed by atoms with Crippen molar-refractivity contribution >= 4 is 15.8 Å². The summed E-state index contributed by atoms with van der Waals surface area (Å²) < 4.78 is 24.9. The van der Waals surface area contributed by atoms with E-state index in [1.807, 2.05) is 6.92 Å². The van der Waals surface area contributed by atoms with Crippen molar-refractivity contribution in [2.24, 2.45) is 0 Å². The molecule has 28 heavy (non-hydrogen) atoms. The highest BCUT2D eigenvalue weighted by molar-refractivity contribution is 7.91. The van der Waals surface area contributed by atoms with E-state index in [0.29, 0.717) is 18.1 Å². The Kier molecular flexibility index (Phi) is 5.00. The predicted octanol–water partition coefficient (Wildman–Crippen LogP) is 0.443. The number of aryl methyl sites for hydroxylation is 1. The first-order chi connectivity index (χ1) is 13.4. The molecule has 2 saturated heterocycles. The Bertz CT molecular complexity index is 1020. The molecule has 4 rings (SSSR count). The van der Waals surface area contributed by atoms with Gasteiger partial charge in [0.25, 0.3) is 5.56 Å². The van der Waals surface area contributed by atoms with Gasteiger partial charge in [0.05, 0.1) is 28.9 Å². The lowest BCUT2D eigenvalue weighted by atomic mass is 10.2. The Morgan fingerprint density at radius 3 is 2.61 bits per heavy atom. The Morgan fingerprint density at radius 2 is 2.00 bits per heavy atom. The molecule has 2 aromatic heterocycles. The summed E-state index contributed by atoms with van der Waals surface area (Å²) in [6.45, 7) is 8.92. The first-order valence-corrected chi connectivity index (χ1v) is 11.5. The Hall–Kier alpha value is -2.20. The molecule has 2 aliphatic heterocycles. The van der Waals surface area contributed by atoms with Gasteiger partial charge < -0.3 is 9.80 Å². The van der Waals surface area contributed by atoms with E-state index in [4.69, 9.17) is 0 Å². The van der Waals surface area contributed by atoms with Gasteiger partial charge in [0.15, 0.2) is 9.84 Å². The maximum absolute atomic E-state index is 12.4. The van der Waals surface area contributed by atoms with Gasteiger partial charge in [0.2, 0.25) is 5.95 Å². The lowest BCUT2D eigenvalue weighted by Crippen LogP contribution is -2.46. The average molecular weight is 407 g/mol. The number of anilines is 1. The summed E-state index contributed by atoms with van der Waals surface area (Å²) in [5.41, 5.74) is 1.94. The van der Waals surface area contributed by atoms with Crippen molar-refractivity contribution in [3.8, 4) is 11.3 Å². The number of H-pyrrole nitrogens is 1. The van der Waals surface area contributed by atoms with E-state index in [0.717, 1.165) is 44.0 Å². The molecule has 0 bridgehead atoms. The van der Waals surface area contributed by atoms with Crippen molar-refractivity contribution in [2.75, 3.05) is 49.1 Å². The maximum atomic E-state index is 12.4. The average Bonchev–Trinajstić information content (AvgIpc) is 3.23. The smallest absolute Gasteiger partial charge is 0.267 e. The van der Waals surface area contributed by atoms with Crippen LogP contribution in [0.15, 0.2) is 17.1 Å². The third-order valence-electron chi connectivity index (χ3n) is 5.68. The van der Waals surface area contributed by atoms with Gasteiger partial charge in [0.1, 0.15) is 0 Å². The SMILES string of the molecule is CCN1CCN(c2ncc(-c3cc(=O)n(C4CCS(=O)(=O)C4)[nH]3)c(C)n2)CC1. The molecule has 0 spiro atoms. The van der Waals surface area contributed by atoms with Crippen LogP contribution in [0.3, 0.4) is 0 Å². The number of nitrogens with one attached hydrogen (secondary N) is 1. The molecule has 2 aromatic rings. The Balaban J connectivity index is 1.56. The molecule has 0 aliphatic carbocycles. The number of piperazine rings is 1. The molecule has 9 nitrogen and oxygen atoms in total. The summed E-state index contributed by atoms with van der Waals surface area (Å²) in [7, 11) is -3.06. The van der Waals surface area contributed by atoms with Crippen molar-refractivity contribution in [1.82, 2.24) is 24.6 Å². The lowest BCUT2D eigenvalue weighted by molar-refractivity contribution is 0.270. The molecular weight excluding hydrogens is 380 g/mol. The quantitative estimate of drug-likeness (QED) is 0.786. The topological polar surface area (TPSA) is 104 Å². The normalized spacial score (nSPS) is 22.6. The van der Waals surface area contributed by atoms with Crippen LogP contribution >= 0.6 is 0 Å². The minimum absolute atomic E-state index is 0.00498. The third-order valence-corrected chi connectivity index (χ3v) is 7.43.